The summed E-state index contributed by atoms with van der Waals surface area (Å²) in [6, 6.07) is 3.79. The van der Waals surface area contributed by atoms with Crippen LogP contribution in [0.15, 0.2) is 22.5 Å². The summed E-state index contributed by atoms with van der Waals surface area (Å²) in [6.45, 7) is 8.17. The summed E-state index contributed by atoms with van der Waals surface area (Å²) < 4.78 is 16.3. The van der Waals surface area contributed by atoms with Crippen LogP contribution < -0.4 is 24.8 Å². The largest absolute Gasteiger partial charge is 0.493 e. The Bertz CT molecular complexity index is 790. The molecule has 0 unspecified atom stereocenters. The van der Waals surface area contributed by atoms with Gasteiger partial charge in [0.05, 0.1) is 40.1 Å². The molecule has 0 atom stereocenters. The third-order valence-corrected chi connectivity index (χ3v) is 4.97. The Kier molecular flexibility index (Phi) is 8.38. The Labute approximate surface area is 171 Å². The smallest absolute Gasteiger partial charge is 0.203 e. The number of thiazole rings is 1. The molecule has 1 heterocycles. The maximum atomic E-state index is 5.53. The van der Waals surface area contributed by atoms with Crippen molar-refractivity contribution >= 4 is 17.3 Å². The van der Waals surface area contributed by atoms with E-state index in [2.05, 4.69) is 39.8 Å². The Hall–Kier alpha value is -2.48. The molecule has 0 amide bonds. The molecule has 1 aromatic heterocycles. The van der Waals surface area contributed by atoms with Crippen molar-refractivity contribution in [2.45, 2.75) is 39.8 Å². The highest BCUT2D eigenvalue weighted by Gasteiger charge is 2.15. The van der Waals surface area contributed by atoms with Crippen LogP contribution >= 0.6 is 11.3 Å². The normalized spacial score (nSPS) is 11.5. The summed E-state index contributed by atoms with van der Waals surface area (Å²) in [5.41, 5.74) is 2.03. The van der Waals surface area contributed by atoms with E-state index in [0.717, 1.165) is 28.8 Å². The van der Waals surface area contributed by atoms with Crippen LogP contribution in [0.3, 0.4) is 0 Å². The van der Waals surface area contributed by atoms with Gasteiger partial charge in [0.2, 0.25) is 5.75 Å². The maximum absolute atomic E-state index is 5.53. The van der Waals surface area contributed by atoms with E-state index < -0.39 is 0 Å². The zero-order valence-corrected chi connectivity index (χ0v) is 18.3. The van der Waals surface area contributed by atoms with E-state index in [4.69, 9.17) is 14.2 Å². The first-order chi connectivity index (χ1) is 13.5. The second-order valence-electron chi connectivity index (χ2n) is 6.36. The van der Waals surface area contributed by atoms with Crippen molar-refractivity contribution in [3.05, 3.63) is 33.8 Å². The lowest BCUT2D eigenvalue weighted by Crippen LogP contribution is -2.36. The molecule has 0 saturated heterocycles. The van der Waals surface area contributed by atoms with Crippen molar-refractivity contribution in [1.82, 2.24) is 15.6 Å². The summed E-state index contributed by atoms with van der Waals surface area (Å²) in [4.78, 5) is 9.33. The molecule has 0 radical (unpaired) electrons. The molecule has 8 heteroatoms. The van der Waals surface area contributed by atoms with Crippen molar-refractivity contribution < 1.29 is 14.2 Å². The van der Waals surface area contributed by atoms with Crippen LogP contribution in [0.1, 0.15) is 43.0 Å². The minimum Gasteiger partial charge on any atom is -0.493 e. The lowest BCUT2D eigenvalue weighted by molar-refractivity contribution is 0.322. The van der Waals surface area contributed by atoms with Gasteiger partial charge in [0, 0.05) is 17.5 Å². The molecule has 1 aromatic carbocycles. The zero-order chi connectivity index (χ0) is 20.5. The maximum Gasteiger partial charge on any atom is 0.203 e. The first-order valence-corrected chi connectivity index (χ1v) is 10.2. The minimum absolute atomic E-state index is 0.435. The third-order valence-electron chi connectivity index (χ3n) is 4.11. The molecule has 0 spiro atoms. The molecule has 0 bridgehead atoms. The van der Waals surface area contributed by atoms with Gasteiger partial charge in [0.15, 0.2) is 17.5 Å². The topological polar surface area (TPSA) is 77.0 Å². The monoisotopic (exact) mass is 406 g/mol. The third kappa shape index (κ3) is 5.51. The van der Waals surface area contributed by atoms with Crippen molar-refractivity contribution in [3.8, 4) is 17.2 Å². The van der Waals surface area contributed by atoms with Gasteiger partial charge in [-0.15, -0.1) is 11.3 Å². The summed E-state index contributed by atoms with van der Waals surface area (Å²) in [7, 11) is 4.81. The molecule has 2 aromatic rings. The molecule has 2 N–H and O–H groups in total. The highest BCUT2D eigenvalue weighted by molar-refractivity contribution is 7.09. The molecule has 7 nitrogen and oxygen atoms in total. The van der Waals surface area contributed by atoms with Crippen LogP contribution in [0.25, 0.3) is 0 Å². The molecule has 0 saturated carbocycles. The number of nitrogens with one attached hydrogen (secondary N) is 2. The number of methoxy groups -OCH3 is 3. The number of nitrogens with zero attached hydrogens (tertiary/aromatic N) is 2. The number of hydrogen-bond donors (Lipinski definition) is 2. The standard InChI is InChI=1S/C20H30N4O3S/c1-7-21-20(23-11-17-24-15(12-28-17)13(2)3)22-10-14-8-9-16(25-4)19(27-6)18(14)26-5/h8-9,12-13H,7,10-11H2,1-6H3,(H2,21,22,23). The van der Waals surface area contributed by atoms with Gasteiger partial charge in [0.1, 0.15) is 5.01 Å². The van der Waals surface area contributed by atoms with Gasteiger partial charge in [-0.25, -0.2) is 9.98 Å². The van der Waals surface area contributed by atoms with Gasteiger partial charge in [-0.2, -0.15) is 0 Å². The average molecular weight is 407 g/mol. The lowest BCUT2D eigenvalue weighted by atomic mass is 10.1. The Morgan fingerprint density at radius 2 is 1.86 bits per heavy atom. The highest BCUT2D eigenvalue weighted by Crippen LogP contribution is 2.39. The first kappa shape index (κ1) is 21.8. The lowest BCUT2D eigenvalue weighted by Gasteiger charge is -2.15. The van der Waals surface area contributed by atoms with Crippen LogP contribution in [0.5, 0.6) is 17.2 Å². The fourth-order valence-corrected chi connectivity index (χ4v) is 3.52. The van der Waals surface area contributed by atoms with Gasteiger partial charge < -0.3 is 24.8 Å². The molecular formula is C20H30N4O3S. The number of hydrogen-bond acceptors (Lipinski definition) is 6. The Balaban J connectivity index is 2.13. The van der Waals surface area contributed by atoms with Gasteiger partial charge in [-0.05, 0) is 25.0 Å². The van der Waals surface area contributed by atoms with E-state index in [-0.39, 0.29) is 0 Å². The van der Waals surface area contributed by atoms with Crippen LogP contribution in [0, 0.1) is 0 Å². The van der Waals surface area contributed by atoms with Gasteiger partial charge in [-0.3, -0.25) is 0 Å². The molecule has 0 fully saturated rings. The first-order valence-electron chi connectivity index (χ1n) is 9.28. The van der Waals surface area contributed by atoms with E-state index in [1.54, 1.807) is 32.7 Å². The van der Waals surface area contributed by atoms with Crippen LogP contribution in [0.4, 0.5) is 0 Å². The van der Waals surface area contributed by atoms with E-state index in [9.17, 15) is 0 Å². The zero-order valence-electron chi connectivity index (χ0n) is 17.5. The average Bonchev–Trinajstić information content (AvgIpc) is 3.18. The van der Waals surface area contributed by atoms with Gasteiger partial charge >= 0.3 is 0 Å². The van der Waals surface area contributed by atoms with E-state index in [1.165, 1.54) is 0 Å². The SMILES string of the molecule is CCNC(=NCc1ccc(OC)c(OC)c1OC)NCc1nc(C(C)C)cs1. The van der Waals surface area contributed by atoms with Crippen LogP contribution in [0.2, 0.25) is 0 Å². The second kappa shape index (κ2) is 10.8. The number of ether oxygens (including phenoxy) is 3. The van der Waals surface area contributed by atoms with Crippen LogP contribution in [-0.2, 0) is 13.1 Å². The minimum atomic E-state index is 0.435. The number of guanidine groups is 1. The van der Waals surface area contributed by atoms with Crippen molar-refractivity contribution in [3.63, 3.8) is 0 Å². The highest BCUT2D eigenvalue weighted by atomic mass is 32.1. The van der Waals surface area contributed by atoms with E-state index >= 15 is 0 Å². The van der Waals surface area contributed by atoms with Crippen molar-refractivity contribution in [1.29, 1.82) is 0 Å². The quantitative estimate of drug-likeness (QED) is 0.490. The molecule has 0 aliphatic rings. The van der Waals surface area contributed by atoms with Crippen molar-refractivity contribution in [2.24, 2.45) is 4.99 Å². The predicted molar refractivity (Wildman–Crippen MR) is 114 cm³/mol. The fraction of sp³-hybridized carbons (Fsp3) is 0.500. The van der Waals surface area contributed by atoms with E-state index in [1.807, 2.05) is 19.1 Å². The molecule has 28 heavy (non-hydrogen) atoms. The molecule has 0 aliphatic carbocycles. The number of aromatic nitrogens is 1. The Morgan fingerprint density at radius 3 is 2.43 bits per heavy atom. The number of rotatable bonds is 9. The van der Waals surface area contributed by atoms with Crippen molar-refractivity contribution in [2.75, 3.05) is 27.9 Å². The summed E-state index contributed by atoms with van der Waals surface area (Å²) >= 11 is 1.66. The second-order valence-corrected chi connectivity index (χ2v) is 7.31. The van der Waals surface area contributed by atoms with E-state index in [0.29, 0.717) is 36.3 Å². The van der Waals surface area contributed by atoms with Crippen LogP contribution in [-0.4, -0.2) is 38.8 Å². The fourth-order valence-electron chi connectivity index (χ4n) is 2.62. The van der Waals surface area contributed by atoms with Gasteiger partial charge in [-0.1, -0.05) is 13.8 Å². The Morgan fingerprint density at radius 1 is 1.11 bits per heavy atom. The summed E-state index contributed by atoms with van der Waals surface area (Å²) in [6.07, 6.45) is 0. The summed E-state index contributed by atoms with van der Waals surface area (Å²) in [5.74, 6) is 2.98. The molecular weight excluding hydrogens is 376 g/mol. The molecule has 2 rings (SSSR count). The van der Waals surface area contributed by atoms with Gasteiger partial charge in [0.25, 0.3) is 0 Å². The molecule has 154 valence electrons. The number of benzene rings is 1. The number of aliphatic imine (C=N–C) groups is 1. The summed E-state index contributed by atoms with van der Waals surface area (Å²) in [5, 5.41) is 9.75. The molecule has 0 aliphatic heterocycles. The predicted octanol–water partition coefficient (Wildman–Crippen LogP) is 3.55.